The molecule has 1 aromatic carbocycles. The van der Waals surface area contributed by atoms with Crippen LogP contribution < -0.4 is 15.5 Å². The van der Waals surface area contributed by atoms with Gasteiger partial charge < -0.3 is 15.7 Å². The van der Waals surface area contributed by atoms with Crippen LogP contribution in [0.5, 0.6) is 0 Å². The predicted octanol–water partition coefficient (Wildman–Crippen LogP) is 3.83. The number of rotatable bonds is 7. The van der Waals surface area contributed by atoms with Crippen LogP contribution in [-0.2, 0) is 15.0 Å². The van der Waals surface area contributed by atoms with E-state index in [0.29, 0.717) is 24.6 Å². The van der Waals surface area contributed by atoms with E-state index in [1.165, 1.54) is 6.42 Å². The molecule has 3 fully saturated rings. The van der Waals surface area contributed by atoms with Crippen molar-refractivity contribution in [2.24, 2.45) is 0 Å². The van der Waals surface area contributed by atoms with Crippen LogP contribution in [0.1, 0.15) is 101 Å². The summed E-state index contributed by atoms with van der Waals surface area (Å²) in [6, 6.07) is 6.69. The number of nitrogens with zero attached hydrogens (tertiary/aromatic N) is 2. The summed E-state index contributed by atoms with van der Waals surface area (Å²) in [6.45, 7) is 6.83. The Hall–Kier alpha value is -2.71. The topological polar surface area (TPSA) is 110 Å². The average Bonchev–Trinajstić information content (AvgIpc) is 3.44. The zero-order valence-corrected chi connectivity index (χ0v) is 22.3. The number of aromatic nitrogens is 2. The summed E-state index contributed by atoms with van der Waals surface area (Å²) >= 11 is 0. The number of anilines is 1. The molecule has 8 nitrogen and oxygen atoms in total. The van der Waals surface area contributed by atoms with Crippen LogP contribution in [0.2, 0.25) is 0 Å². The van der Waals surface area contributed by atoms with Gasteiger partial charge in [-0.2, -0.15) is 5.10 Å². The summed E-state index contributed by atoms with van der Waals surface area (Å²) in [6.07, 6.45) is 8.91. The fourth-order valence-electron chi connectivity index (χ4n) is 5.75. The smallest absolute Gasteiger partial charge is 0.248 e. The van der Waals surface area contributed by atoms with Crippen molar-refractivity contribution in [1.29, 1.82) is 0 Å². The van der Waals surface area contributed by atoms with Gasteiger partial charge in [-0.15, -0.1) is 0 Å². The van der Waals surface area contributed by atoms with E-state index < -0.39 is 18.2 Å². The number of carbonyl (C=O) groups is 2. The van der Waals surface area contributed by atoms with E-state index in [4.69, 9.17) is 0 Å². The van der Waals surface area contributed by atoms with Crippen molar-refractivity contribution in [3.63, 3.8) is 0 Å². The molecular weight excluding hydrogens is 466 g/mol. The molecule has 1 aliphatic heterocycles. The number of aromatic amines is 1. The third-order valence-corrected chi connectivity index (χ3v) is 8.09. The number of hydrogen-bond donors (Lipinski definition) is 4. The van der Waals surface area contributed by atoms with Gasteiger partial charge in [0.05, 0.1) is 18.3 Å². The molecule has 0 spiro atoms. The molecule has 5 rings (SSSR count). The molecule has 37 heavy (non-hydrogen) atoms. The van der Waals surface area contributed by atoms with E-state index in [9.17, 15) is 14.7 Å². The van der Waals surface area contributed by atoms with Gasteiger partial charge in [-0.05, 0) is 55.2 Å². The largest absolute Gasteiger partial charge is 0.392 e. The van der Waals surface area contributed by atoms with E-state index in [0.717, 1.165) is 55.3 Å². The SMILES string of the molecule is CC(C)(C)c1ccc(N(C(=O)[C@H]2C[C@@H](O)CN2)C(C(=O)NC2CCCCC2)c2cn[nH]c2C2CC2)cc1. The number of benzene rings is 1. The Labute approximate surface area is 219 Å². The number of carbonyl (C=O) groups excluding carboxylic acids is 2. The van der Waals surface area contributed by atoms with E-state index in [1.807, 2.05) is 24.3 Å². The van der Waals surface area contributed by atoms with Crippen LogP contribution in [0.15, 0.2) is 30.5 Å². The minimum atomic E-state index is -0.844. The molecule has 1 aromatic heterocycles. The highest BCUT2D eigenvalue weighted by Gasteiger charge is 2.42. The Morgan fingerprint density at radius 2 is 1.78 bits per heavy atom. The molecule has 2 heterocycles. The fourth-order valence-corrected chi connectivity index (χ4v) is 5.75. The summed E-state index contributed by atoms with van der Waals surface area (Å²) in [5.74, 6) is -0.0251. The third kappa shape index (κ3) is 5.75. The number of hydrogen-bond acceptors (Lipinski definition) is 5. The number of aliphatic hydroxyl groups is 1. The Kier molecular flexibility index (Phi) is 7.41. The number of amides is 2. The summed E-state index contributed by atoms with van der Waals surface area (Å²) in [7, 11) is 0. The molecule has 0 radical (unpaired) electrons. The Morgan fingerprint density at radius 1 is 1.08 bits per heavy atom. The zero-order valence-electron chi connectivity index (χ0n) is 22.3. The maximum atomic E-state index is 14.1. The first kappa shape index (κ1) is 25.9. The Bertz CT molecular complexity index is 1100. The molecule has 0 bridgehead atoms. The van der Waals surface area contributed by atoms with Gasteiger partial charge in [0.2, 0.25) is 11.8 Å². The van der Waals surface area contributed by atoms with Gasteiger partial charge in [0, 0.05) is 35.4 Å². The standard InChI is InChI=1S/C29H41N5O3/c1-29(2,3)19-11-13-21(14-12-19)34(28(37)24-15-22(35)16-30-24)26(23-17-31-33-25(23)18-9-10-18)27(36)32-20-7-5-4-6-8-20/h11-14,17-18,20,22,24,26,30,35H,4-10,15-16H2,1-3H3,(H,31,33)(H,32,36)/t22-,24-,26?/m1/s1. The highest BCUT2D eigenvalue weighted by Crippen LogP contribution is 2.43. The summed E-state index contributed by atoms with van der Waals surface area (Å²) in [4.78, 5) is 29.9. The van der Waals surface area contributed by atoms with Crippen molar-refractivity contribution in [1.82, 2.24) is 20.8 Å². The van der Waals surface area contributed by atoms with Crippen LogP contribution >= 0.6 is 0 Å². The first-order chi connectivity index (χ1) is 17.7. The van der Waals surface area contributed by atoms with E-state index >= 15 is 0 Å². The highest BCUT2D eigenvalue weighted by molar-refractivity contribution is 6.04. The minimum absolute atomic E-state index is 0.0358. The first-order valence-electron chi connectivity index (χ1n) is 13.9. The molecule has 2 saturated carbocycles. The van der Waals surface area contributed by atoms with Gasteiger partial charge in [-0.1, -0.05) is 52.2 Å². The molecule has 1 unspecified atom stereocenters. The predicted molar refractivity (Wildman–Crippen MR) is 143 cm³/mol. The van der Waals surface area contributed by atoms with Crippen molar-refractivity contribution < 1.29 is 14.7 Å². The minimum Gasteiger partial charge on any atom is -0.392 e. The number of nitrogens with one attached hydrogen (secondary N) is 3. The number of H-pyrrole nitrogens is 1. The summed E-state index contributed by atoms with van der Waals surface area (Å²) in [5, 5.41) is 24.1. The van der Waals surface area contributed by atoms with E-state index in [1.54, 1.807) is 11.1 Å². The quantitative estimate of drug-likeness (QED) is 0.455. The van der Waals surface area contributed by atoms with Crippen LogP contribution in [0.3, 0.4) is 0 Å². The van der Waals surface area contributed by atoms with Crippen molar-refractivity contribution in [2.75, 3.05) is 11.4 Å². The summed E-state index contributed by atoms with van der Waals surface area (Å²) in [5.41, 5.74) is 3.51. The molecule has 8 heteroatoms. The normalized spacial score (nSPS) is 23.6. The molecule has 3 atom stereocenters. The van der Waals surface area contributed by atoms with Gasteiger partial charge in [0.1, 0.15) is 6.04 Å². The van der Waals surface area contributed by atoms with Gasteiger partial charge in [-0.3, -0.25) is 19.6 Å². The fraction of sp³-hybridized carbons (Fsp3) is 0.621. The van der Waals surface area contributed by atoms with Crippen molar-refractivity contribution in [2.45, 2.75) is 108 Å². The lowest BCUT2D eigenvalue weighted by molar-refractivity contribution is -0.128. The number of β-amino-alcohol motifs (C(OH)–C–C–N with tert-alkyl or cyclic N) is 1. The van der Waals surface area contributed by atoms with Crippen molar-refractivity contribution in [3.8, 4) is 0 Å². The second-order valence-corrected chi connectivity index (χ2v) is 12.1. The molecule has 2 aliphatic carbocycles. The molecule has 200 valence electrons. The van der Waals surface area contributed by atoms with Crippen LogP contribution in [-0.4, -0.2) is 51.9 Å². The van der Waals surface area contributed by atoms with Gasteiger partial charge in [0.15, 0.2) is 0 Å². The van der Waals surface area contributed by atoms with Gasteiger partial charge >= 0.3 is 0 Å². The monoisotopic (exact) mass is 507 g/mol. The second kappa shape index (κ2) is 10.6. The van der Waals surface area contributed by atoms with Crippen LogP contribution in [0.4, 0.5) is 5.69 Å². The average molecular weight is 508 g/mol. The molecule has 2 aromatic rings. The number of aliphatic hydroxyl groups excluding tert-OH is 1. The zero-order chi connectivity index (χ0) is 26.2. The Morgan fingerprint density at radius 3 is 2.38 bits per heavy atom. The molecule has 3 aliphatic rings. The molecule has 1 saturated heterocycles. The second-order valence-electron chi connectivity index (χ2n) is 12.1. The van der Waals surface area contributed by atoms with Crippen LogP contribution in [0.25, 0.3) is 0 Å². The first-order valence-corrected chi connectivity index (χ1v) is 13.9. The Balaban J connectivity index is 1.56. The van der Waals surface area contributed by atoms with Gasteiger partial charge in [-0.25, -0.2) is 0 Å². The summed E-state index contributed by atoms with van der Waals surface area (Å²) < 4.78 is 0. The van der Waals surface area contributed by atoms with E-state index in [2.05, 4.69) is 41.6 Å². The lowest BCUT2D eigenvalue weighted by Gasteiger charge is -2.35. The molecule has 4 N–H and O–H groups in total. The van der Waals surface area contributed by atoms with Crippen molar-refractivity contribution in [3.05, 3.63) is 47.3 Å². The maximum absolute atomic E-state index is 14.1. The maximum Gasteiger partial charge on any atom is 0.248 e. The lowest BCUT2D eigenvalue weighted by atomic mass is 9.87. The van der Waals surface area contributed by atoms with Crippen molar-refractivity contribution >= 4 is 17.5 Å². The molecule has 2 amide bonds. The van der Waals surface area contributed by atoms with Crippen LogP contribution in [0, 0.1) is 0 Å². The van der Waals surface area contributed by atoms with E-state index in [-0.39, 0.29) is 23.3 Å². The lowest BCUT2D eigenvalue weighted by Crippen LogP contribution is -2.51. The highest BCUT2D eigenvalue weighted by atomic mass is 16.3. The molecular formula is C29H41N5O3. The third-order valence-electron chi connectivity index (χ3n) is 8.09. The van der Waals surface area contributed by atoms with Gasteiger partial charge in [0.25, 0.3) is 0 Å².